The van der Waals surface area contributed by atoms with Gasteiger partial charge in [0.15, 0.2) is 0 Å². The molecule has 0 spiro atoms. The van der Waals surface area contributed by atoms with Gasteiger partial charge in [0.05, 0.1) is 20.0 Å². The Labute approximate surface area is 294 Å². The minimum atomic E-state index is -0.530. The Morgan fingerprint density at radius 1 is 0.740 bits per heavy atom. The third-order valence-electron chi connectivity index (χ3n) is 8.12. The SMILES string of the molecule is CCn1c2ccccc2c2cc(NC(=O)CSc3ccc(NC(=O)/C(=C/c4cc(OC)ccc4OC)NC(=O)c4ccccc4)cc3)ccc21. The smallest absolute Gasteiger partial charge is 0.272 e. The zero-order chi connectivity index (χ0) is 35.0. The Kier molecular flexibility index (Phi) is 10.5. The van der Waals surface area contributed by atoms with Crippen molar-refractivity contribution in [3.05, 3.63) is 132 Å². The third kappa shape index (κ3) is 7.66. The van der Waals surface area contributed by atoms with Gasteiger partial charge in [0, 0.05) is 55.7 Å². The molecule has 0 saturated heterocycles. The van der Waals surface area contributed by atoms with Gasteiger partial charge in [-0.25, -0.2) is 0 Å². The van der Waals surface area contributed by atoms with E-state index in [4.69, 9.17) is 9.47 Å². The summed E-state index contributed by atoms with van der Waals surface area (Å²) in [6.45, 7) is 2.98. The molecule has 3 amide bonds. The Morgan fingerprint density at radius 2 is 1.46 bits per heavy atom. The number of ether oxygens (including phenoxy) is 2. The molecule has 9 nitrogen and oxygen atoms in total. The average molecular weight is 685 g/mol. The molecule has 50 heavy (non-hydrogen) atoms. The van der Waals surface area contributed by atoms with Crippen molar-refractivity contribution in [1.29, 1.82) is 0 Å². The van der Waals surface area contributed by atoms with Gasteiger partial charge in [-0.2, -0.15) is 0 Å². The van der Waals surface area contributed by atoms with Crippen molar-refractivity contribution in [3.8, 4) is 11.5 Å². The second-order valence-electron chi connectivity index (χ2n) is 11.3. The number of fused-ring (bicyclic) bond motifs is 3. The molecule has 0 fully saturated rings. The van der Waals surface area contributed by atoms with Gasteiger partial charge < -0.3 is 30.0 Å². The maximum absolute atomic E-state index is 13.6. The predicted molar refractivity (Wildman–Crippen MR) is 201 cm³/mol. The Bertz CT molecular complexity index is 2210. The summed E-state index contributed by atoms with van der Waals surface area (Å²) < 4.78 is 13.1. The monoisotopic (exact) mass is 684 g/mol. The summed E-state index contributed by atoms with van der Waals surface area (Å²) in [7, 11) is 3.07. The lowest BCUT2D eigenvalue weighted by Crippen LogP contribution is -2.30. The van der Waals surface area contributed by atoms with Crippen molar-refractivity contribution < 1.29 is 23.9 Å². The molecule has 1 aromatic heterocycles. The van der Waals surface area contributed by atoms with Crippen molar-refractivity contribution in [2.45, 2.75) is 18.4 Å². The number of carbonyl (C=O) groups is 3. The van der Waals surface area contributed by atoms with Gasteiger partial charge in [-0.15, -0.1) is 11.8 Å². The summed E-state index contributed by atoms with van der Waals surface area (Å²) >= 11 is 1.39. The zero-order valence-corrected chi connectivity index (χ0v) is 28.7. The topological polar surface area (TPSA) is 111 Å². The Balaban J connectivity index is 1.12. The second kappa shape index (κ2) is 15.5. The highest BCUT2D eigenvalue weighted by molar-refractivity contribution is 8.00. The highest BCUT2D eigenvalue weighted by Gasteiger charge is 2.17. The van der Waals surface area contributed by atoms with E-state index in [0.717, 1.165) is 33.4 Å². The second-order valence-corrected chi connectivity index (χ2v) is 12.3. The fourth-order valence-corrected chi connectivity index (χ4v) is 6.40. The lowest BCUT2D eigenvalue weighted by atomic mass is 10.1. The fraction of sp³-hybridized carbons (Fsp3) is 0.125. The lowest BCUT2D eigenvalue weighted by Gasteiger charge is -2.13. The molecule has 10 heteroatoms. The van der Waals surface area contributed by atoms with Gasteiger partial charge in [0.1, 0.15) is 17.2 Å². The molecule has 3 N–H and O–H groups in total. The third-order valence-corrected chi connectivity index (χ3v) is 9.13. The van der Waals surface area contributed by atoms with Crippen LogP contribution in [0.1, 0.15) is 22.8 Å². The van der Waals surface area contributed by atoms with Crippen molar-refractivity contribution >= 4 is 68.7 Å². The maximum atomic E-state index is 13.6. The molecule has 1 heterocycles. The highest BCUT2D eigenvalue weighted by Crippen LogP contribution is 2.31. The number of methoxy groups -OCH3 is 2. The van der Waals surface area contributed by atoms with Crippen molar-refractivity contribution in [2.75, 3.05) is 30.6 Å². The minimum Gasteiger partial charge on any atom is -0.497 e. The van der Waals surface area contributed by atoms with Crippen LogP contribution in [0.2, 0.25) is 0 Å². The van der Waals surface area contributed by atoms with Crippen LogP contribution in [0.3, 0.4) is 0 Å². The van der Waals surface area contributed by atoms with E-state index in [-0.39, 0.29) is 17.4 Å². The number of aromatic nitrogens is 1. The summed E-state index contributed by atoms with van der Waals surface area (Å²) in [5.74, 6) is 0.183. The van der Waals surface area contributed by atoms with Crippen molar-refractivity contribution in [3.63, 3.8) is 0 Å². The fourth-order valence-electron chi connectivity index (χ4n) is 5.70. The molecule has 0 unspecified atom stereocenters. The highest BCUT2D eigenvalue weighted by atomic mass is 32.2. The first-order chi connectivity index (χ1) is 24.4. The van der Waals surface area contributed by atoms with Gasteiger partial charge in [-0.1, -0.05) is 36.4 Å². The number of amides is 3. The van der Waals surface area contributed by atoms with Gasteiger partial charge in [-0.05, 0) is 91.9 Å². The quantitative estimate of drug-likeness (QED) is 0.0891. The number of nitrogens with one attached hydrogen (secondary N) is 3. The number of benzene rings is 5. The van der Waals surface area contributed by atoms with Crippen LogP contribution in [0.15, 0.2) is 126 Å². The number of aryl methyl sites for hydroxylation is 1. The molecule has 5 aromatic carbocycles. The number of rotatable bonds is 12. The van der Waals surface area contributed by atoms with Gasteiger partial charge in [0.2, 0.25) is 5.91 Å². The summed E-state index contributed by atoms with van der Waals surface area (Å²) in [6.07, 6.45) is 1.54. The van der Waals surface area contributed by atoms with Crippen LogP contribution in [0.5, 0.6) is 11.5 Å². The van der Waals surface area contributed by atoms with E-state index in [0.29, 0.717) is 28.3 Å². The summed E-state index contributed by atoms with van der Waals surface area (Å²) in [5, 5.41) is 10.9. The average Bonchev–Trinajstić information content (AvgIpc) is 3.47. The van der Waals surface area contributed by atoms with E-state index >= 15 is 0 Å². The first-order valence-corrected chi connectivity index (χ1v) is 17.0. The van der Waals surface area contributed by atoms with E-state index in [1.165, 1.54) is 24.4 Å². The molecule has 6 rings (SSSR count). The van der Waals surface area contributed by atoms with Crippen LogP contribution in [-0.4, -0.2) is 42.3 Å². The Morgan fingerprint density at radius 3 is 2.20 bits per heavy atom. The number of carbonyl (C=O) groups excluding carboxylic acids is 3. The first kappa shape index (κ1) is 33.9. The molecule has 0 radical (unpaired) electrons. The van der Waals surface area contributed by atoms with E-state index in [1.54, 1.807) is 67.8 Å². The van der Waals surface area contributed by atoms with Crippen molar-refractivity contribution in [2.24, 2.45) is 0 Å². The molecule has 0 bridgehead atoms. The number of para-hydroxylation sites is 1. The van der Waals surface area contributed by atoms with Crippen LogP contribution in [0, 0.1) is 0 Å². The first-order valence-electron chi connectivity index (χ1n) is 16.0. The molecule has 0 aliphatic heterocycles. The normalized spacial score (nSPS) is 11.3. The molecule has 252 valence electrons. The van der Waals surface area contributed by atoms with Crippen LogP contribution in [0.4, 0.5) is 11.4 Å². The molecule has 6 aromatic rings. The largest absolute Gasteiger partial charge is 0.497 e. The van der Waals surface area contributed by atoms with Gasteiger partial charge in [-0.3, -0.25) is 14.4 Å². The van der Waals surface area contributed by atoms with Crippen LogP contribution in [0.25, 0.3) is 27.9 Å². The number of nitrogens with zero attached hydrogens (tertiary/aromatic N) is 1. The standard InChI is InChI=1S/C40H36N4O5S/c1-4-44-35-13-9-8-12-32(35)33-24-29(16-20-36(33)44)41-38(45)25-50-31-18-14-28(15-19-31)42-40(47)34(43-39(46)26-10-6-5-7-11-26)23-27-22-30(48-2)17-21-37(27)49-3/h5-24H,4,25H2,1-3H3,(H,41,45)(H,42,47)(H,43,46)/b34-23-. The molecule has 0 saturated carbocycles. The zero-order valence-electron chi connectivity index (χ0n) is 27.9. The molecule has 0 aliphatic carbocycles. The van der Waals surface area contributed by atoms with Crippen molar-refractivity contribution in [1.82, 2.24) is 9.88 Å². The van der Waals surface area contributed by atoms with E-state index < -0.39 is 11.8 Å². The number of thioether (sulfide) groups is 1. The minimum absolute atomic E-state index is 0.0120. The van der Waals surface area contributed by atoms with Crippen LogP contribution < -0.4 is 25.4 Å². The maximum Gasteiger partial charge on any atom is 0.272 e. The van der Waals surface area contributed by atoms with E-state index in [9.17, 15) is 14.4 Å². The summed E-state index contributed by atoms with van der Waals surface area (Å²) in [4.78, 5) is 40.4. The number of hydrogen-bond acceptors (Lipinski definition) is 6. The molecule has 0 atom stereocenters. The van der Waals surface area contributed by atoms with E-state index in [2.05, 4.69) is 45.6 Å². The van der Waals surface area contributed by atoms with Gasteiger partial charge >= 0.3 is 0 Å². The number of anilines is 2. The predicted octanol–water partition coefficient (Wildman–Crippen LogP) is 7.97. The summed E-state index contributed by atoms with van der Waals surface area (Å²) in [6, 6.07) is 35.3. The van der Waals surface area contributed by atoms with E-state index in [1.807, 2.05) is 42.5 Å². The molecular weight excluding hydrogens is 649 g/mol. The van der Waals surface area contributed by atoms with Gasteiger partial charge in [0.25, 0.3) is 11.8 Å². The lowest BCUT2D eigenvalue weighted by molar-refractivity contribution is -0.114. The summed E-state index contributed by atoms with van der Waals surface area (Å²) in [5.41, 5.74) is 4.52. The molecular formula is C40H36N4O5S. The Hall–Kier alpha value is -6.00. The van der Waals surface area contributed by atoms with Crippen LogP contribution in [-0.2, 0) is 16.1 Å². The van der Waals surface area contributed by atoms with Crippen LogP contribution >= 0.6 is 11.8 Å². The molecule has 0 aliphatic rings. The number of hydrogen-bond donors (Lipinski definition) is 3.